The Morgan fingerprint density at radius 3 is 2.39 bits per heavy atom. The van der Waals surface area contributed by atoms with Crippen molar-refractivity contribution < 1.29 is 9.90 Å². The minimum atomic E-state index is -1.07. The Balaban J connectivity index is 2.27. The molecule has 1 atom stereocenters. The van der Waals surface area contributed by atoms with Gasteiger partial charge < -0.3 is 10.8 Å². The third-order valence-corrected chi connectivity index (χ3v) is 2.80. The van der Waals surface area contributed by atoms with Crippen LogP contribution in [0.1, 0.15) is 11.6 Å². The summed E-state index contributed by atoms with van der Waals surface area (Å²) in [6, 6.07) is 9.60. The highest BCUT2D eigenvalue weighted by atomic mass is 35.5. The van der Waals surface area contributed by atoms with Gasteiger partial charge in [-0.05, 0) is 23.8 Å². The molecule has 18 heavy (non-hydrogen) atoms. The van der Waals surface area contributed by atoms with Crippen molar-refractivity contribution in [3.8, 4) is 11.3 Å². The molecule has 0 aliphatic rings. The molecule has 0 unspecified atom stereocenters. The number of hydrogen-bond donors (Lipinski definition) is 2. The van der Waals surface area contributed by atoms with E-state index >= 15 is 0 Å². The van der Waals surface area contributed by atoms with Crippen LogP contribution in [-0.2, 0) is 4.79 Å². The van der Waals surface area contributed by atoms with Crippen LogP contribution >= 0.6 is 11.6 Å². The maximum absolute atomic E-state index is 10.7. The van der Waals surface area contributed by atoms with Crippen molar-refractivity contribution in [1.82, 2.24) is 4.98 Å². The fourth-order valence-corrected chi connectivity index (χ4v) is 1.65. The second-order valence-corrected chi connectivity index (χ2v) is 4.24. The quantitative estimate of drug-likeness (QED) is 0.891. The van der Waals surface area contributed by atoms with E-state index < -0.39 is 12.0 Å². The Labute approximate surface area is 109 Å². The molecule has 0 saturated heterocycles. The number of aromatic nitrogens is 1. The first-order chi connectivity index (χ1) is 8.58. The number of pyridine rings is 1. The van der Waals surface area contributed by atoms with Gasteiger partial charge >= 0.3 is 5.97 Å². The van der Waals surface area contributed by atoms with E-state index in [1.165, 1.54) is 6.20 Å². The van der Waals surface area contributed by atoms with Gasteiger partial charge in [-0.1, -0.05) is 29.8 Å². The average Bonchev–Trinajstić information content (AvgIpc) is 2.39. The Morgan fingerprint density at radius 2 is 1.89 bits per heavy atom. The molecule has 5 heteroatoms. The van der Waals surface area contributed by atoms with Crippen molar-refractivity contribution in [2.45, 2.75) is 6.04 Å². The molecule has 0 bridgehead atoms. The van der Waals surface area contributed by atoms with E-state index in [1.54, 1.807) is 24.3 Å². The van der Waals surface area contributed by atoms with Crippen molar-refractivity contribution in [3.63, 3.8) is 0 Å². The summed E-state index contributed by atoms with van der Waals surface area (Å²) >= 11 is 5.80. The maximum Gasteiger partial charge on any atom is 0.325 e. The standard InChI is InChI=1S/C13H11ClN2O2/c14-10-4-1-8(2-5-10)11-6-3-9(7-16-11)12(15)13(17)18/h1-7,12H,15H2,(H,17,18)/t12-/m1/s1. The van der Waals surface area contributed by atoms with Gasteiger partial charge in [-0.3, -0.25) is 9.78 Å². The fraction of sp³-hybridized carbons (Fsp3) is 0.0769. The largest absolute Gasteiger partial charge is 0.480 e. The lowest BCUT2D eigenvalue weighted by atomic mass is 10.1. The van der Waals surface area contributed by atoms with E-state index in [4.69, 9.17) is 22.4 Å². The maximum atomic E-state index is 10.7. The topological polar surface area (TPSA) is 76.2 Å². The molecule has 2 rings (SSSR count). The second kappa shape index (κ2) is 5.16. The van der Waals surface area contributed by atoms with Gasteiger partial charge in [0.15, 0.2) is 0 Å². The molecule has 0 radical (unpaired) electrons. The molecule has 0 spiro atoms. The number of aliphatic carboxylic acids is 1. The zero-order chi connectivity index (χ0) is 13.1. The molecule has 4 nitrogen and oxygen atoms in total. The van der Waals surface area contributed by atoms with E-state index in [9.17, 15) is 4.79 Å². The minimum absolute atomic E-state index is 0.472. The summed E-state index contributed by atoms with van der Waals surface area (Å²) in [5.41, 5.74) is 7.62. The lowest BCUT2D eigenvalue weighted by molar-refractivity contribution is -0.138. The first-order valence-electron chi connectivity index (χ1n) is 5.28. The van der Waals surface area contributed by atoms with Crippen LogP contribution in [0.2, 0.25) is 5.02 Å². The third-order valence-electron chi connectivity index (χ3n) is 2.55. The van der Waals surface area contributed by atoms with E-state index in [0.29, 0.717) is 10.6 Å². The first-order valence-corrected chi connectivity index (χ1v) is 5.66. The SMILES string of the molecule is N[C@@H](C(=O)O)c1ccc(-c2ccc(Cl)cc2)nc1. The fourth-order valence-electron chi connectivity index (χ4n) is 1.52. The summed E-state index contributed by atoms with van der Waals surface area (Å²) in [5, 5.41) is 9.44. The number of carbonyl (C=O) groups is 1. The van der Waals surface area contributed by atoms with Crippen LogP contribution in [0.15, 0.2) is 42.6 Å². The van der Waals surface area contributed by atoms with E-state index in [0.717, 1.165) is 11.3 Å². The monoisotopic (exact) mass is 262 g/mol. The summed E-state index contributed by atoms with van der Waals surface area (Å²) in [6.07, 6.45) is 1.47. The van der Waals surface area contributed by atoms with Crippen molar-refractivity contribution in [1.29, 1.82) is 0 Å². The van der Waals surface area contributed by atoms with Crippen molar-refractivity contribution in [2.75, 3.05) is 0 Å². The zero-order valence-corrected chi connectivity index (χ0v) is 10.1. The molecule has 3 N–H and O–H groups in total. The van der Waals surface area contributed by atoms with Gasteiger partial charge in [0, 0.05) is 16.8 Å². The average molecular weight is 263 g/mol. The smallest absolute Gasteiger partial charge is 0.325 e. The lowest BCUT2D eigenvalue weighted by Gasteiger charge is -2.07. The molecule has 92 valence electrons. The van der Waals surface area contributed by atoms with E-state index in [-0.39, 0.29) is 0 Å². The van der Waals surface area contributed by atoms with E-state index in [1.807, 2.05) is 12.1 Å². The summed E-state index contributed by atoms with van der Waals surface area (Å²) in [6.45, 7) is 0. The number of carboxylic acids is 1. The Bertz CT molecular complexity index is 552. The highest BCUT2D eigenvalue weighted by molar-refractivity contribution is 6.30. The summed E-state index contributed by atoms with van der Waals surface area (Å²) in [7, 11) is 0. The van der Waals surface area contributed by atoms with Crippen molar-refractivity contribution in [3.05, 3.63) is 53.2 Å². The third kappa shape index (κ3) is 2.67. The van der Waals surface area contributed by atoms with Crippen LogP contribution in [-0.4, -0.2) is 16.1 Å². The molecule has 0 fully saturated rings. The van der Waals surface area contributed by atoms with Crippen LogP contribution in [0.25, 0.3) is 11.3 Å². The van der Waals surface area contributed by atoms with Gasteiger partial charge in [-0.2, -0.15) is 0 Å². The van der Waals surface area contributed by atoms with Gasteiger partial charge in [0.05, 0.1) is 5.69 Å². The molecule has 1 aromatic heterocycles. The highest BCUT2D eigenvalue weighted by Crippen LogP contribution is 2.20. The van der Waals surface area contributed by atoms with Gasteiger partial charge in [0.1, 0.15) is 6.04 Å². The van der Waals surface area contributed by atoms with Crippen molar-refractivity contribution in [2.24, 2.45) is 5.73 Å². The second-order valence-electron chi connectivity index (χ2n) is 3.80. The van der Waals surface area contributed by atoms with Gasteiger partial charge in [-0.25, -0.2) is 0 Å². The van der Waals surface area contributed by atoms with Gasteiger partial charge in [0.25, 0.3) is 0 Å². The van der Waals surface area contributed by atoms with Crippen LogP contribution in [0.4, 0.5) is 0 Å². The van der Waals surface area contributed by atoms with Crippen LogP contribution in [0, 0.1) is 0 Å². The van der Waals surface area contributed by atoms with Crippen LogP contribution in [0.3, 0.4) is 0 Å². The molecular formula is C13H11ClN2O2. The minimum Gasteiger partial charge on any atom is -0.480 e. The molecule has 0 amide bonds. The molecular weight excluding hydrogens is 252 g/mol. The molecule has 0 aliphatic carbocycles. The Kier molecular flexibility index (Phi) is 3.60. The van der Waals surface area contributed by atoms with Gasteiger partial charge in [0.2, 0.25) is 0 Å². The molecule has 2 aromatic rings. The zero-order valence-electron chi connectivity index (χ0n) is 9.38. The summed E-state index contributed by atoms with van der Waals surface area (Å²) in [5.74, 6) is -1.07. The number of hydrogen-bond acceptors (Lipinski definition) is 3. The Morgan fingerprint density at radius 1 is 1.22 bits per heavy atom. The van der Waals surface area contributed by atoms with Crippen LogP contribution in [0.5, 0.6) is 0 Å². The lowest BCUT2D eigenvalue weighted by Crippen LogP contribution is -2.20. The predicted molar refractivity (Wildman–Crippen MR) is 69.2 cm³/mol. The summed E-state index contributed by atoms with van der Waals surface area (Å²) < 4.78 is 0. The molecule has 1 heterocycles. The van der Waals surface area contributed by atoms with Crippen LogP contribution < -0.4 is 5.73 Å². The normalized spacial score (nSPS) is 12.1. The highest BCUT2D eigenvalue weighted by Gasteiger charge is 2.14. The number of rotatable bonds is 3. The number of carboxylic acid groups (broad SMARTS) is 1. The number of halogens is 1. The molecule has 1 aromatic carbocycles. The molecule has 0 saturated carbocycles. The predicted octanol–water partition coefficient (Wildman–Crippen LogP) is 2.49. The first kappa shape index (κ1) is 12.5. The number of nitrogens with two attached hydrogens (primary N) is 1. The van der Waals surface area contributed by atoms with E-state index in [2.05, 4.69) is 4.98 Å². The molecule has 0 aliphatic heterocycles. The number of nitrogens with zero attached hydrogens (tertiary/aromatic N) is 1. The number of benzene rings is 1. The summed E-state index contributed by atoms with van der Waals surface area (Å²) in [4.78, 5) is 14.9. The Hall–Kier alpha value is -1.91. The van der Waals surface area contributed by atoms with Gasteiger partial charge in [-0.15, -0.1) is 0 Å². The van der Waals surface area contributed by atoms with Crippen molar-refractivity contribution >= 4 is 17.6 Å².